The summed E-state index contributed by atoms with van der Waals surface area (Å²) in [5.41, 5.74) is 5.13. The van der Waals surface area contributed by atoms with Gasteiger partial charge in [-0.05, 0) is 80.6 Å². The van der Waals surface area contributed by atoms with Crippen LogP contribution in [0.2, 0.25) is 0 Å². The standard InChI is InChI=1S/C25H26N4O2.2ClH/c1-4-29(5-2)20-11-6-18(7-12-20)25(30)26-19-10-15-22-23(16-19)28-24(27-22)17-8-13-21(31-3)14-9-17;;/h6-16H,4-5H2,1-3H3,(H,26,30)(H,27,28);2*1H. The molecule has 0 bridgehead atoms. The molecular formula is C25H28Cl2N4O2. The molecule has 0 saturated heterocycles. The maximum Gasteiger partial charge on any atom is 0.255 e. The number of hydrogen-bond donors (Lipinski definition) is 2. The van der Waals surface area contributed by atoms with Crippen molar-refractivity contribution in [1.29, 1.82) is 0 Å². The van der Waals surface area contributed by atoms with Gasteiger partial charge in [0.15, 0.2) is 0 Å². The predicted molar refractivity (Wildman–Crippen MR) is 141 cm³/mol. The number of benzene rings is 3. The molecule has 2 N–H and O–H groups in total. The highest BCUT2D eigenvalue weighted by atomic mass is 35.5. The number of nitrogens with one attached hydrogen (secondary N) is 2. The van der Waals surface area contributed by atoms with Gasteiger partial charge in [-0.2, -0.15) is 0 Å². The van der Waals surface area contributed by atoms with Gasteiger partial charge in [0.05, 0.1) is 18.1 Å². The van der Waals surface area contributed by atoms with Gasteiger partial charge in [0.25, 0.3) is 5.91 Å². The maximum absolute atomic E-state index is 12.7. The number of anilines is 2. The molecule has 0 aliphatic carbocycles. The molecule has 3 aromatic carbocycles. The molecule has 0 radical (unpaired) electrons. The number of amides is 1. The number of ether oxygens (including phenoxy) is 1. The third-order valence-electron chi connectivity index (χ3n) is 5.36. The maximum atomic E-state index is 12.7. The molecule has 0 fully saturated rings. The Hall–Kier alpha value is -3.22. The first-order chi connectivity index (χ1) is 15.1. The van der Waals surface area contributed by atoms with Crippen LogP contribution >= 0.6 is 24.8 Å². The second-order valence-corrected chi connectivity index (χ2v) is 7.22. The summed E-state index contributed by atoms with van der Waals surface area (Å²) in [5, 5.41) is 2.97. The molecule has 174 valence electrons. The van der Waals surface area contributed by atoms with E-state index in [0.717, 1.165) is 52.6 Å². The van der Waals surface area contributed by atoms with Crippen LogP contribution < -0.4 is 15.0 Å². The highest BCUT2D eigenvalue weighted by Crippen LogP contribution is 2.25. The number of carbonyl (C=O) groups excluding carboxylic acids is 1. The van der Waals surface area contributed by atoms with Crippen molar-refractivity contribution >= 4 is 53.1 Å². The Labute approximate surface area is 206 Å². The van der Waals surface area contributed by atoms with Crippen molar-refractivity contribution in [2.75, 3.05) is 30.4 Å². The second kappa shape index (κ2) is 11.6. The van der Waals surface area contributed by atoms with Crippen LogP contribution in [-0.4, -0.2) is 36.1 Å². The van der Waals surface area contributed by atoms with E-state index in [1.807, 2.05) is 66.7 Å². The Kier molecular flexibility index (Phi) is 9.14. The third-order valence-corrected chi connectivity index (χ3v) is 5.36. The molecule has 0 atom stereocenters. The fourth-order valence-electron chi connectivity index (χ4n) is 3.59. The van der Waals surface area contributed by atoms with Crippen LogP contribution in [0.1, 0.15) is 24.2 Å². The van der Waals surface area contributed by atoms with E-state index in [4.69, 9.17) is 4.74 Å². The van der Waals surface area contributed by atoms with E-state index in [1.54, 1.807) is 7.11 Å². The summed E-state index contributed by atoms with van der Waals surface area (Å²) in [7, 11) is 1.64. The molecule has 0 aliphatic rings. The van der Waals surface area contributed by atoms with Crippen molar-refractivity contribution in [2.45, 2.75) is 13.8 Å². The Bertz CT molecular complexity index is 1190. The lowest BCUT2D eigenvalue weighted by molar-refractivity contribution is 0.102. The Balaban J connectivity index is 0.00000193. The van der Waals surface area contributed by atoms with E-state index in [1.165, 1.54) is 0 Å². The number of H-pyrrole nitrogens is 1. The average Bonchev–Trinajstić information content (AvgIpc) is 3.24. The first-order valence-electron chi connectivity index (χ1n) is 10.4. The van der Waals surface area contributed by atoms with E-state index in [9.17, 15) is 4.79 Å². The summed E-state index contributed by atoms with van der Waals surface area (Å²) in [6.07, 6.45) is 0. The summed E-state index contributed by atoms with van der Waals surface area (Å²) < 4.78 is 5.21. The number of methoxy groups -OCH3 is 1. The Morgan fingerprint density at radius 2 is 1.64 bits per heavy atom. The molecule has 1 heterocycles. The Morgan fingerprint density at radius 1 is 0.970 bits per heavy atom. The summed E-state index contributed by atoms with van der Waals surface area (Å²) in [4.78, 5) is 22.9. The smallest absolute Gasteiger partial charge is 0.255 e. The minimum atomic E-state index is -0.139. The van der Waals surface area contributed by atoms with Crippen molar-refractivity contribution in [2.24, 2.45) is 0 Å². The van der Waals surface area contributed by atoms with Gasteiger partial charge in [-0.15, -0.1) is 24.8 Å². The van der Waals surface area contributed by atoms with Crippen LogP contribution in [0.15, 0.2) is 66.7 Å². The fourth-order valence-corrected chi connectivity index (χ4v) is 3.59. The molecule has 8 heteroatoms. The first-order valence-corrected chi connectivity index (χ1v) is 10.4. The lowest BCUT2D eigenvalue weighted by atomic mass is 10.1. The number of aromatic nitrogens is 2. The van der Waals surface area contributed by atoms with Crippen LogP contribution in [0.25, 0.3) is 22.4 Å². The van der Waals surface area contributed by atoms with Gasteiger partial charge in [0.1, 0.15) is 11.6 Å². The number of hydrogen-bond acceptors (Lipinski definition) is 4. The van der Waals surface area contributed by atoms with E-state index in [2.05, 4.69) is 34.0 Å². The number of halogens is 2. The van der Waals surface area contributed by atoms with Gasteiger partial charge in [-0.1, -0.05) is 0 Å². The largest absolute Gasteiger partial charge is 0.497 e. The van der Waals surface area contributed by atoms with Gasteiger partial charge in [0.2, 0.25) is 0 Å². The molecule has 1 amide bonds. The van der Waals surface area contributed by atoms with Crippen LogP contribution in [0.4, 0.5) is 11.4 Å². The van der Waals surface area contributed by atoms with E-state index >= 15 is 0 Å². The van der Waals surface area contributed by atoms with Crippen LogP contribution in [0.5, 0.6) is 5.75 Å². The fraction of sp³-hybridized carbons (Fsp3) is 0.200. The van der Waals surface area contributed by atoms with Crippen LogP contribution in [0, 0.1) is 0 Å². The summed E-state index contributed by atoms with van der Waals surface area (Å²) >= 11 is 0. The zero-order valence-electron chi connectivity index (χ0n) is 18.8. The molecule has 4 rings (SSSR count). The molecule has 0 spiro atoms. The minimum absolute atomic E-state index is 0. The summed E-state index contributed by atoms with van der Waals surface area (Å²) in [6, 6.07) is 21.1. The number of imidazole rings is 1. The number of rotatable bonds is 7. The van der Waals surface area contributed by atoms with E-state index in [-0.39, 0.29) is 30.7 Å². The van der Waals surface area contributed by atoms with Gasteiger partial charge in [-0.25, -0.2) is 4.98 Å². The van der Waals surface area contributed by atoms with Gasteiger partial charge < -0.3 is 19.9 Å². The average molecular weight is 487 g/mol. The van der Waals surface area contributed by atoms with Crippen molar-refractivity contribution in [3.05, 3.63) is 72.3 Å². The van der Waals surface area contributed by atoms with Crippen molar-refractivity contribution in [3.63, 3.8) is 0 Å². The number of carbonyl (C=O) groups is 1. The zero-order chi connectivity index (χ0) is 21.8. The zero-order valence-corrected chi connectivity index (χ0v) is 20.4. The lowest BCUT2D eigenvalue weighted by Gasteiger charge is -2.21. The van der Waals surface area contributed by atoms with Crippen molar-refractivity contribution < 1.29 is 9.53 Å². The Morgan fingerprint density at radius 3 is 2.24 bits per heavy atom. The van der Waals surface area contributed by atoms with Gasteiger partial charge >= 0.3 is 0 Å². The molecule has 0 unspecified atom stereocenters. The number of nitrogens with zero attached hydrogens (tertiary/aromatic N) is 2. The van der Waals surface area contributed by atoms with Gasteiger partial charge in [-0.3, -0.25) is 4.79 Å². The lowest BCUT2D eigenvalue weighted by Crippen LogP contribution is -2.21. The number of fused-ring (bicyclic) bond motifs is 1. The monoisotopic (exact) mass is 486 g/mol. The topological polar surface area (TPSA) is 70.2 Å². The number of aromatic amines is 1. The normalized spacial score (nSPS) is 10.2. The first kappa shape index (κ1) is 26.0. The van der Waals surface area contributed by atoms with Crippen LogP contribution in [-0.2, 0) is 0 Å². The third kappa shape index (κ3) is 5.78. The minimum Gasteiger partial charge on any atom is -0.497 e. The highest BCUT2D eigenvalue weighted by molar-refractivity contribution is 6.05. The molecule has 4 aromatic rings. The van der Waals surface area contributed by atoms with Gasteiger partial charge in [0, 0.05) is 35.6 Å². The van der Waals surface area contributed by atoms with Crippen molar-refractivity contribution in [3.8, 4) is 17.1 Å². The van der Waals surface area contributed by atoms with Crippen molar-refractivity contribution in [1.82, 2.24) is 9.97 Å². The quantitative estimate of drug-likeness (QED) is 0.327. The van der Waals surface area contributed by atoms with E-state index in [0.29, 0.717) is 5.56 Å². The highest BCUT2D eigenvalue weighted by Gasteiger charge is 2.10. The SMILES string of the molecule is CCN(CC)c1ccc(C(=O)Nc2ccc3nc(-c4ccc(OC)cc4)[nH]c3c2)cc1.Cl.Cl. The van der Waals surface area contributed by atoms with Crippen LogP contribution in [0.3, 0.4) is 0 Å². The molecule has 0 aliphatic heterocycles. The summed E-state index contributed by atoms with van der Waals surface area (Å²) in [6.45, 7) is 6.11. The summed E-state index contributed by atoms with van der Waals surface area (Å²) in [5.74, 6) is 1.43. The second-order valence-electron chi connectivity index (χ2n) is 7.22. The molecular weight excluding hydrogens is 459 g/mol. The van der Waals surface area contributed by atoms with E-state index < -0.39 is 0 Å². The molecule has 1 aromatic heterocycles. The molecule has 0 saturated carbocycles. The predicted octanol–water partition coefficient (Wildman–Crippen LogP) is 6.18. The molecule has 6 nitrogen and oxygen atoms in total. The molecule has 33 heavy (non-hydrogen) atoms.